The molecule has 2 rings (SSSR count). The summed E-state index contributed by atoms with van der Waals surface area (Å²) in [6, 6.07) is 16.0. The van der Waals surface area contributed by atoms with Crippen LogP contribution >= 0.6 is 0 Å². The molecule has 0 radical (unpaired) electrons. The van der Waals surface area contributed by atoms with E-state index in [0.717, 1.165) is 11.1 Å². The number of benzene rings is 2. The Bertz CT molecular complexity index is 542. The highest BCUT2D eigenvalue weighted by Crippen LogP contribution is 2.17. The molecule has 0 heterocycles. The Hall–Kier alpha value is -1.36. The van der Waals surface area contributed by atoms with E-state index in [1.165, 1.54) is 5.19 Å². The topological polar surface area (TPSA) is 40.5 Å². The van der Waals surface area contributed by atoms with Crippen molar-refractivity contribution >= 4 is 25.8 Å². The third-order valence-electron chi connectivity index (χ3n) is 3.29. The highest BCUT2D eigenvalue weighted by Gasteiger charge is 2.16. The first-order valence-corrected chi connectivity index (χ1v) is 9.95. The fourth-order valence-electron chi connectivity index (χ4n) is 2.01. The maximum absolute atomic E-state index is 9.07. The maximum atomic E-state index is 9.07. The number of hydrogen-bond donors (Lipinski definition) is 2. The fraction of sp³-hybridized carbons (Fsp3) is 0.200. The van der Waals surface area contributed by atoms with Crippen LogP contribution in [0.1, 0.15) is 0 Å². The molecule has 0 bridgehead atoms. The average molecular weight is 270 g/mol. The second-order valence-electron chi connectivity index (χ2n) is 5.82. The van der Waals surface area contributed by atoms with Crippen molar-refractivity contribution in [3.05, 3.63) is 48.5 Å². The van der Waals surface area contributed by atoms with E-state index in [0.29, 0.717) is 5.46 Å². The van der Waals surface area contributed by atoms with E-state index in [4.69, 9.17) is 10.0 Å². The molecule has 0 aromatic heterocycles. The zero-order valence-corrected chi connectivity index (χ0v) is 12.6. The lowest BCUT2D eigenvalue weighted by molar-refractivity contribution is 0.426. The zero-order chi connectivity index (χ0) is 14.0. The average Bonchev–Trinajstić information content (AvgIpc) is 2.38. The molecule has 19 heavy (non-hydrogen) atoms. The molecule has 0 unspecified atom stereocenters. The highest BCUT2D eigenvalue weighted by atomic mass is 28.3. The Morgan fingerprint density at radius 2 is 1.16 bits per heavy atom. The molecule has 4 heteroatoms. The van der Waals surface area contributed by atoms with Crippen LogP contribution in [0.25, 0.3) is 11.1 Å². The zero-order valence-electron chi connectivity index (χ0n) is 11.6. The summed E-state index contributed by atoms with van der Waals surface area (Å²) in [5.74, 6) is 0. The van der Waals surface area contributed by atoms with Crippen molar-refractivity contribution < 1.29 is 10.0 Å². The summed E-state index contributed by atoms with van der Waals surface area (Å²) in [5, 5.41) is 19.6. The molecule has 0 saturated carbocycles. The first-order chi connectivity index (χ1) is 8.88. The van der Waals surface area contributed by atoms with Crippen LogP contribution in [0, 0.1) is 0 Å². The first kappa shape index (κ1) is 14.1. The fourth-order valence-corrected chi connectivity index (χ4v) is 3.18. The van der Waals surface area contributed by atoms with Crippen LogP contribution in [0.15, 0.2) is 48.5 Å². The summed E-state index contributed by atoms with van der Waals surface area (Å²) in [7, 11) is -2.65. The quantitative estimate of drug-likeness (QED) is 0.831. The van der Waals surface area contributed by atoms with Crippen LogP contribution in [0.4, 0.5) is 0 Å². The maximum Gasteiger partial charge on any atom is 0.488 e. The summed E-state index contributed by atoms with van der Waals surface area (Å²) in [4.78, 5) is 0. The minimum atomic E-state index is -1.40. The first-order valence-electron chi connectivity index (χ1n) is 6.45. The predicted octanol–water partition coefficient (Wildman–Crippen LogP) is 1.58. The van der Waals surface area contributed by atoms with E-state index in [9.17, 15) is 0 Å². The molecule has 0 spiro atoms. The monoisotopic (exact) mass is 270 g/mol. The second kappa shape index (κ2) is 5.33. The summed E-state index contributed by atoms with van der Waals surface area (Å²) >= 11 is 0. The molecule has 2 N–H and O–H groups in total. The van der Waals surface area contributed by atoms with Gasteiger partial charge in [-0.3, -0.25) is 0 Å². The summed E-state index contributed by atoms with van der Waals surface area (Å²) in [6.07, 6.45) is 0. The SMILES string of the molecule is C[Si](C)(C)c1ccc(-c2ccc(B(O)O)cc2)cc1. The van der Waals surface area contributed by atoms with Gasteiger partial charge < -0.3 is 10.0 Å². The van der Waals surface area contributed by atoms with Gasteiger partial charge in [0.25, 0.3) is 0 Å². The van der Waals surface area contributed by atoms with Crippen molar-refractivity contribution in [3.8, 4) is 11.1 Å². The van der Waals surface area contributed by atoms with Gasteiger partial charge in [0.15, 0.2) is 0 Å². The van der Waals surface area contributed by atoms with Crippen molar-refractivity contribution in [2.75, 3.05) is 0 Å². The van der Waals surface area contributed by atoms with Crippen LogP contribution < -0.4 is 10.6 Å². The molecule has 0 aliphatic carbocycles. The molecule has 0 aliphatic rings. The van der Waals surface area contributed by atoms with E-state index in [1.807, 2.05) is 12.1 Å². The number of rotatable bonds is 3. The van der Waals surface area contributed by atoms with Gasteiger partial charge in [0.05, 0.1) is 8.07 Å². The second-order valence-corrected chi connectivity index (χ2v) is 10.9. The van der Waals surface area contributed by atoms with Gasteiger partial charge in [-0.15, -0.1) is 0 Å². The van der Waals surface area contributed by atoms with Crippen LogP contribution in [0.5, 0.6) is 0 Å². The molecular formula is C15H19BO2Si. The van der Waals surface area contributed by atoms with Gasteiger partial charge in [0, 0.05) is 0 Å². The molecular weight excluding hydrogens is 251 g/mol. The normalized spacial score (nSPS) is 11.4. The Morgan fingerprint density at radius 1 is 0.737 bits per heavy atom. The van der Waals surface area contributed by atoms with Crippen molar-refractivity contribution in [2.45, 2.75) is 19.6 Å². The van der Waals surface area contributed by atoms with E-state index in [2.05, 4.69) is 43.9 Å². The summed E-state index contributed by atoms with van der Waals surface area (Å²) in [5.41, 5.74) is 2.76. The Morgan fingerprint density at radius 3 is 1.53 bits per heavy atom. The van der Waals surface area contributed by atoms with Gasteiger partial charge in [0.1, 0.15) is 0 Å². The van der Waals surface area contributed by atoms with Crippen molar-refractivity contribution in [1.82, 2.24) is 0 Å². The van der Waals surface area contributed by atoms with Crippen LogP contribution in [0.2, 0.25) is 19.6 Å². The molecule has 2 aromatic carbocycles. The lowest BCUT2D eigenvalue weighted by atomic mass is 9.80. The van der Waals surface area contributed by atoms with Gasteiger partial charge >= 0.3 is 7.12 Å². The molecule has 0 saturated heterocycles. The Labute approximate surface area is 115 Å². The third-order valence-corrected chi connectivity index (χ3v) is 5.36. The van der Waals surface area contributed by atoms with Crippen molar-refractivity contribution in [2.24, 2.45) is 0 Å². The van der Waals surface area contributed by atoms with E-state index < -0.39 is 15.2 Å². The van der Waals surface area contributed by atoms with Crippen molar-refractivity contribution in [1.29, 1.82) is 0 Å². The van der Waals surface area contributed by atoms with Gasteiger partial charge in [-0.25, -0.2) is 0 Å². The molecule has 98 valence electrons. The van der Waals surface area contributed by atoms with Gasteiger partial charge in [-0.05, 0) is 16.6 Å². The van der Waals surface area contributed by atoms with Gasteiger partial charge in [0.2, 0.25) is 0 Å². The molecule has 0 aliphatic heterocycles. The Balaban J connectivity index is 2.27. The minimum absolute atomic E-state index is 0.516. The van der Waals surface area contributed by atoms with E-state index >= 15 is 0 Å². The molecule has 0 fully saturated rings. The molecule has 2 aromatic rings. The smallest absolute Gasteiger partial charge is 0.423 e. The minimum Gasteiger partial charge on any atom is -0.423 e. The number of hydrogen-bond acceptors (Lipinski definition) is 2. The molecule has 2 nitrogen and oxygen atoms in total. The van der Waals surface area contributed by atoms with E-state index in [1.54, 1.807) is 12.1 Å². The predicted molar refractivity (Wildman–Crippen MR) is 84.7 cm³/mol. The standard InChI is InChI=1S/C15H19BO2Si/c1-19(2,3)15-10-6-13(7-11-15)12-4-8-14(9-5-12)16(17)18/h4-11,17-18H,1-3H3. The Kier molecular flexibility index (Phi) is 3.94. The summed E-state index contributed by atoms with van der Waals surface area (Å²) < 4.78 is 0. The third kappa shape index (κ3) is 3.35. The lowest BCUT2D eigenvalue weighted by Gasteiger charge is -2.16. The van der Waals surface area contributed by atoms with Crippen LogP contribution in [-0.2, 0) is 0 Å². The molecule has 0 atom stereocenters. The lowest BCUT2D eigenvalue weighted by Crippen LogP contribution is -2.37. The van der Waals surface area contributed by atoms with Crippen LogP contribution in [0.3, 0.4) is 0 Å². The molecule has 0 amide bonds. The van der Waals surface area contributed by atoms with Gasteiger partial charge in [-0.2, -0.15) is 0 Å². The largest absolute Gasteiger partial charge is 0.488 e. The van der Waals surface area contributed by atoms with Crippen molar-refractivity contribution in [3.63, 3.8) is 0 Å². The van der Waals surface area contributed by atoms with Gasteiger partial charge in [-0.1, -0.05) is 73.4 Å². The van der Waals surface area contributed by atoms with E-state index in [-0.39, 0.29) is 0 Å². The summed E-state index contributed by atoms with van der Waals surface area (Å²) in [6.45, 7) is 7.00. The van der Waals surface area contributed by atoms with Crippen LogP contribution in [-0.4, -0.2) is 25.2 Å². The highest BCUT2D eigenvalue weighted by molar-refractivity contribution is 6.88.